The minimum atomic E-state index is -0.667. The second-order valence-corrected chi connectivity index (χ2v) is 7.37. The van der Waals surface area contributed by atoms with Gasteiger partial charge in [0.05, 0.1) is 44.8 Å². The van der Waals surface area contributed by atoms with Crippen LogP contribution in [0.3, 0.4) is 0 Å². The fourth-order valence-corrected chi connectivity index (χ4v) is 3.64. The van der Waals surface area contributed by atoms with Crippen molar-refractivity contribution in [2.24, 2.45) is 0 Å². The van der Waals surface area contributed by atoms with Crippen molar-refractivity contribution in [2.75, 3.05) is 21.3 Å². The Morgan fingerprint density at radius 3 is 2.42 bits per heavy atom. The molecule has 0 fully saturated rings. The number of benzene rings is 2. The average molecular weight is 453 g/mol. The summed E-state index contributed by atoms with van der Waals surface area (Å²) in [6.07, 6.45) is -0.0714. The number of carbonyl (C=O) groups excluding carboxylic acids is 2. The van der Waals surface area contributed by atoms with Gasteiger partial charge >= 0.3 is 5.97 Å². The maximum absolute atomic E-state index is 13.1. The number of hydrogen-bond acceptors (Lipinski definition) is 7. The van der Waals surface area contributed by atoms with E-state index in [4.69, 9.17) is 14.2 Å². The third kappa shape index (κ3) is 4.97. The average Bonchev–Trinajstić information content (AvgIpc) is 2.83. The number of amides is 1. The maximum Gasteiger partial charge on any atom is 0.307 e. The quantitative estimate of drug-likeness (QED) is 0.523. The van der Waals surface area contributed by atoms with Gasteiger partial charge in [-0.3, -0.25) is 14.4 Å². The van der Waals surface area contributed by atoms with Crippen LogP contribution in [0.4, 0.5) is 0 Å². The van der Waals surface area contributed by atoms with Crippen molar-refractivity contribution in [3.05, 3.63) is 63.6 Å². The molecule has 0 aliphatic rings. The summed E-state index contributed by atoms with van der Waals surface area (Å²) >= 11 is 0. The minimum Gasteiger partial charge on any atom is -0.493 e. The molecule has 0 saturated heterocycles. The molecule has 3 aromatic rings. The van der Waals surface area contributed by atoms with E-state index in [1.807, 2.05) is 6.92 Å². The number of methoxy groups -OCH3 is 3. The van der Waals surface area contributed by atoms with E-state index in [0.29, 0.717) is 45.9 Å². The largest absolute Gasteiger partial charge is 0.493 e. The maximum atomic E-state index is 13.1. The molecule has 0 aliphatic carbocycles. The molecule has 0 saturated carbocycles. The lowest BCUT2D eigenvalue weighted by Gasteiger charge is -2.20. The Hall–Kier alpha value is -3.88. The van der Waals surface area contributed by atoms with Crippen LogP contribution in [0.5, 0.6) is 11.5 Å². The number of hydrogen-bond donors (Lipinski definition) is 1. The Morgan fingerprint density at radius 1 is 1.06 bits per heavy atom. The highest BCUT2D eigenvalue weighted by molar-refractivity contribution is 5.97. The Morgan fingerprint density at radius 2 is 1.79 bits per heavy atom. The van der Waals surface area contributed by atoms with Gasteiger partial charge in [-0.1, -0.05) is 6.07 Å². The van der Waals surface area contributed by atoms with Gasteiger partial charge in [0.15, 0.2) is 11.5 Å². The number of rotatable bonds is 8. The lowest BCUT2D eigenvalue weighted by atomic mass is 10.0. The first kappa shape index (κ1) is 23.8. The molecule has 0 radical (unpaired) electrons. The van der Waals surface area contributed by atoms with Crippen molar-refractivity contribution in [1.82, 2.24) is 14.9 Å². The first-order chi connectivity index (χ1) is 15.8. The number of aryl methyl sites for hydroxylation is 2. The van der Waals surface area contributed by atoms with Crippen LogP contribution in [0, 0.1) is 6.92 Å². The summed E-state index contributed by atoms with van der Waals surface area (Å²) in [4.78, 5) is 41.8. The summed E-state index contributed by atoms with van der Waals surface area (Å²) < 4.78 is 17.0. The van der Waals surface area contributed by atoms with Gasteiger partial charge in [-0.2, -0.15) is 0 Å². The van der Waals surface area contributed by atoms with Crippen LogP contribution in [-0.2, 0) is 16.1 Å². The van der Waals surface area contributed by atoms with E-state index in [1.54, 1.807) is 47.9 Å². The van der Waals surface area contributed by atoms with Crippen molar-refractivity contribution in [3.8, 4) is 11.5 Å². The number of aromatic nitrogens is 2. The molecule has 33 heavy (non-hydrogen) atoms. The third-order valence-electron chi connectivity index (χ3n) is 5.40. The Bertz CT molecular complexity index is 1250. The molecule has 1 unspecified atom stereocenters. The predicted molar refractivity (Wildman–Crippen MR) is 123 cm³/mol. The predicted octanol–water partition coefficient (Wildman–Crippen LogP) is 2.78. The number of ether oxygens (including phenoxy) is 3. The van der Waals surface area contributed by atoms with Crippen LogP contribution in [0.15, 0.2) is 41.2 Å². The molecule has 1 heterocycles. The molecule has 1 atom stereocenters. The van der Waals surface area contributed by atoms with E-state index in [-0.39, 0.29) is 12.0 Å². The van der Waals surface area contributed by atoms with E-state index >= 15 is 0 Å². The number of nitrogens with one attached hydrogen (secondary N) is 1. The summed E-state index contributed by atoms with van der Waals surface area (Å²) in [5, 5.41) is 2.89. The fraction of sp³-hybridized carbons (Fsp3) is 0.333. The van der Waals surface area contributed by atoms with Gasteiger partial charge in [-0.15, -0.1) is 0 Å². The molecular formula is C24H27N3O6. The molecule has 9 heteroatoms. The zero-order valence-electron chi connectivity index (χ0n) is 19.3. The monoisotopic (exact) mass is 453 g/mol. The van der Waals surface area contributed by atoms with Crippen LogP contribution in [0.25, 0.3) is 11.0 Å². The lowest BCUT2D eigenvalue weighted by molar-refractivity contribution is -0.141. The van der Waals surface area contributed by atoms with E-state index in [2.05, 4.69) is 10.3 Å². The van der Waals surface area contributed by atoms with Gasteiger partial charge in [0, 0.05) is 12.1 Å². The number of fused-ring (bicyclic) bond motifs is 1. The normalized spacial score (nSPS) is 11.7. The van der Waals surface area contributed by atoms with Crippen molar-refractivity contribution in [3.63, 3.8) is 0 Å². The lowest BCUT2D eigenvalue weighted by Crippen LogP contribution is -2.30. The second kappa shape index (κ2) is 10.2. The van der Waals surface area contributed by atoms with Crippen LogP contribution in [0.1, 0.15) is 41.0 Å². The second-order valence-electron chi connectivity index (χ2n) is 7.37. The highest BCUT2D eigenvalue weighted by Crippen LogP contribution is 2.31. The topological polar surface area (TPSA) is 109 Å². The molecule has 9 nitrogen and oxygen atoms in total. The number of nitrogens with zero attached hydrogens (tertiary/aromatic N) is 2. The summed E-state index contributed by atoms with van der Waals surface area (Å²) in [5.41, 5.74) is 2.39. The molecule has 174 valence electrons. The molecule has 1 N–H and O–H groups in total. The zero-order chi connectivity index (χ0) is 24.1. The zero-order valence-corrected chi connectivity index (χ0v) is 19.3. The van der Waals surface area contributed by atoms with Crippen LogP contribution < -0.4 is 20.3 Å². The van der Waals surface area contributed by atoms with Gasteiger partial charge in [-0.25, -0.2) is 4.98 Å². The third-order valence-corrected chi connectivity index (χ3v) is 5.40. The molecule has 1 amide bonds. The van der Waals surface area contributed by atoms with E-state index < -0.39 is 17.9 Å². The van der Waals surface area contributed by atoms with Crippen molar-refractivity contribution in [1.29, 1.82) is 0 Å². The smallest absolute Gasteiger partial charge is 0.307 e. The number of esters is 1. The van der Waals surface area contributed by atoms with Gasteiger partial charge in [0.25, 0.3) is 11.5 Å². The molecule has 0 aliphatic heterocycles. The molecule has 2 aromatic carbocycles. The summed E-state index contributed by atoms with van der Waals surface area (Å²) in [7, 11) is 4.33. The molecule has 1 aromatic heterocycles. The Balaban J connectivity index is 1.97. The van der Waals surface area contributed by atoms with E-state index in [0.717, 1.165) is 0 Å². The molecule has 0 bridgehead atoms. The molecular weight excluding hydrogens is 426 g/mol. The van der Waals surface area contributed by atoms with E-state index in [9.17, 15) is 14.4 Å². The van der Waals surface area contributed by atoms with Gasteiger partial charge in [-0.05, 0) is 49.7 Å². The van der Waals surface area contributed by atoms with Gasteiger partial charge < -0.3 is 24.1 Å². The molecule has 0 spiro atoms. The summed E-state index contributed by atoms with van der Waals surface area (Å²) in [5.74, 6) is 0.136. The summed E-state index contributed by atoms with van der Waals surface area (Å²) in [6, 6.07) is 9.46. The van der Waals surface area contributed by atoms with E-state index in [1.165, 1.54) is 21.3 Å². The van der Waals surface area contributed by atoms with Crippen LogP contribution >= 0.6 is 0 Å². The SMILES string of the molecule is CCn1c(=O)c(C)nc2cc(C(=O)NC(CC(=O)OC)c3ccc(OC)c(OC)c3)ccc21. The van der Waals surface area contributed by atoms with Gasteiger partial charge in [0.1, 0.15) is 5.69 Å². The highest BCUT2D eigenvalue weighted by atomic mass is 16.5. The first-order valence-corrected chi connectivity index (χ1v) is 10.4. The highest BCUT2D eigenvalue weighted by Gasteiger charge is 2.22. The molecule has 3 rings (SSSR count). The number of carbonyl (C=O) groups is 2. The van der Waals surface area contributed by atoms with Crippen molar-refractivity contribution < 1.29 is 23.8 Å². The Kier molecular flexibility index (Phi) is 7.32. The van der Waals surface area contributed by atoms with Crippen molar-refractivity contribution in [2.45, 2.75) is 32.9 Å². The van der Waals surface area contributed by atoms with Crippen LogP contribution in [0.2, 0.25) is 0 Å². The minimum absolute atomic E-state index is 0.0714. The van der Waals surface area contributed by atoms with Crippen molar-refractivity contribution >= 4 is 22.9 Å². The standard InChI is InChI=1S/C24H27N3O6/c1-6-27-19-9-7-16(11-18(19)25-14(2)24(27)30)23(29)26-17(13-22(28)33-5)15-8-10-20(31-3)21(12-15)32-4/h7-12,17H,6,13H2,1-5H3,(H,26,29). The fourth-order valence-electron chi connectivity index (χ4n) is 3.64. The van der Waals surface area contributed by atoms with Gasteiger partial charge in [0.2, 0.25) is 0 Å². The first-order valence-electron chi connectivity index (χ1n) is 10.4. The Labute approximate surface area is 191 Å². The van der Waals surface area contributed by atoms with Crippen LogP contribution in [-0.4, -0.2) is 42.8 Å². The summed E-state index contributed by atoms with van der Waals surface area (Å²) in [6.45, 7) is 4.01.